The zero-order chi connectivity index (χ0) is 14.7. The van der Waals surface area contributed by atoms with Crippen LogP contribution >= 0.6 is 0 Å². The standard InChI is InChI=1S/C18H38OSi/c1-4-6-7-8-9-10-11-12-15-18(5-2)19-20(3)16-13-14-17-20/h18H,4-17H2,1-3H3. The maximum Gasteiger partial charge on any atom is 0.190 e. The van der Waals surface area contributed by atoms with E-state index in [9.17, 15) is 0 Å². The average molecular weight is 299 g/mol. The van der Waals surface area contributed by atoms with Gasteiger partial charge in [0.25, 0.3) is 0 Å². The van der Waals surface area contributed by atoms with Crippen molar-refractivity contribution < 1.29 is 4.43 Å². The predicted molar refractivity (Wildman–Crippen MR) is 92.9 cm³/mol. The van der Waals surface area contributed by atoms with Crippen LogP contribution in [0.5, 0.6) is 0 Å². The van der Waals surface area contributed by atoms with E-state index in [1.807, 2.05) is 0 Å². The molecule has 0 aromatic carbocycles. The van der Waals surface area contributed by atoms with Gasteiger partial charge in [-0.15, -0.1) is 0 Å². The highest BCUT2D eigenvalue weighted by Gasteiger charge is 2.34. The molecule has 1 fully saturated rings. The van der Waals surface area contributed by atoms with Crippen LogP contribution in [0.2, 0.25) is 18.6 Å². The summed E-state index contributed by atoms with van der Waals surface area (Å²) in [5, 5.41) is 0. The van der Waals surface area contributed by atoms with E-state index in [1.165, 1.54) is 89.1 Å². The molecule has 1 aliphatic rings. The van der Waals surface area contributed by atoms with Gasteiger partial charge < -0.3 is 4.43 Å². The number of unbranched alkanes of at least 4 members (excludes halogenated alkanes) is 7. The van der Waals surface area contributed by atoms with Crippen LogP contribution < -0.4 is 0 Å². The monoisotopic (exact) mass is 298 g/mol. The van der Waals surface area contributed by atoms with Gasteiger partial charge >= 0.3 is 0 Å². The lowest BCUT2D eigenvalue weighted by Gasteiger charge is -2.28. The molecule has 1 unspecified atom stereocenters. The zero-order valence-electron chi connectivity index (χ0n) is 14.4. The summed E-state index contributed by atoms with van der Waals surface area (Å²) in [6, 6.07) is 2.84. The Morgan fingerprint density at radius 3 is 1.95 bits per heavy atom. The van der Waals surface area contributed by atoms with E-state index >= 15 is 0 Å². The molecule has 0 radical (unpaired) electrons. The molecule has 0 aromatic heterocycles. The molecular formula is C18H38OSi. The fourth-order valence-corrected chi connectivity index (χ4v) is 7.07. The fourth-order valence-electron chi connectivity index (χ4n) is 3.50. The molecule has 0 amide bonds. The first-order valence-electron chi connectivity index (χ1n) is 9.38. The van der Waals surface area contributed by atoms with Gasteiger partial charge in [-0.2, -0.15) is 0 Å². The molecule has 0 aliphatic carbocycles. The lowest BCUT2D eigenvalue weighted by atomic mass is 10.0. The second-order valence-electron chi connectivity index (χ2n) is 7.07. The third-order valence-corrected chi connectivity index (χ3v) is 8.67. The maximum atomic E-state index is 6.55. The second-order valence-corrected chi connectivity index (χ2v) is 11.2. The van der Waals surface area contributed by atoms with Gasteiger partial charge in [-0.3, -0.25) is 0 Å². The van der Waals surface area contributed by atoms with Crippen LogP contribution in [0.1, 0.15) is 90.9 Å². The van der Waals surface area contributed by atoms with Crippen LogP contribution in [0.4, 0.5) is 0 Å². The Kier molecular flexibility index (Phi) is 9.88. The SMILES string of the molecule is CCCCCCCCCCC(CC)O[Si]1(C)CCCC1. The molecule has 0 saturated carbocycles. The number of hydrogen-bond acceptors (Lipinski definition) is 1. The minimum atomic E-state index is -1.26. The van der Waals surface area contributed by atoms with E-state index in [2.05, 4.69) is 20.4 Å². The molecule has 0 N–H and O–H groups in total. The Morgan fingerprint density at radius 2 is 1.40 bits per heavy atom. The van der Waals surface area contributed by atoms with Gasteiger partial charge in [0, 0.05) is 6.10 Å². The smallest absolute Gasteiger partial charge is 0.190 e. The number of hydrogen-bond donors (Lipinski definition) is 0. The quantitative estimate of drug-likeness (QED) is 0.288. The third-order valence-electron chi connectivity index (χ3n) is 4.95. The summed E-state index contributed by atoms with van der Waals surface area (Å²) < 4.78 is 6.55. The Morgan fingerprint density at radius 1 is 0.850 bits per heavy atom. The molecule has 1 aliphatic heterocycles. The second kappa shape index (κ2) is 10.8. The van der Waals surface area contributed by atoms with Crippen LogP contribution in [0.25, 0.3) is 0 Å². The highest BCUT2D eigenvalue weighted by molar-refractivity contribution is 6.73. The predicted octanol–water partition coefficient (Wildman–Crippen LogP) is 6.68. The summed E-state index contributed by atoms with van der Waals surface area (Å²) in [5.41, 5.74) is 0. The molecule has 0 spiro atoms. The lowest BCUT2D eigenvalue weighted by molar-refractivity contribution is 0.172. The molecule has 0 aromatic rings. The molecule has 1 nitrogen and oxygen atoms in total. The summed E-state index contributed by atoms with van der Waals surface area (Å²) in [5.74, 6) is 0. The van der Waals surface area contributed by atoms with Crippen LogP contribution in [-0.2, 0) is 4.43 Å². The van der Waals surface area contributed by atoms with E-state index in [0.29, 0.717) is 6.10 Å². The normalized spacial score (nSPS) is 19.4. The summed E-state index contributed by atoms with van der Waals surface area (Å²) >= 11 is 0. The molecular weight excluding hydrogens is 260 g/mol. The van der Waals surface area contributed by atoms with Crippen molar-refractivity contribution in [2.24, 2.45) is 0 Å². The Labute approximate surface area is 129 Å². The minimum absolute atomic E-state index is 0.574. The highest BCUT2D eigenvalue weighted by atomic mass is 28.4. The molecule has 1 heterocycles. The summed E-state index contributed by atoms with van der Waals surface area (Å²) in [4.78, 5) is 0. The Bertz CT molecular complexity index is 223. The van der Waals surface area contributed by atoms with E-state index < -0.39 is 8.32 Å². The third kappa shape index (κ3) is 7.83. The van der Waals surface area contributed by atoms with Crippen LogP contribution in [0.15, 0.2) is 0 Å². The van der Waals surface area contributed by atoms with E-state index in [0.717, 1.165) is 0 Å². The van der Waals surface area contributed by atoms with Crippen molar-refractivity contribution in [3.05, 3.63) is 0 Å². The molecule has 0 bridgehead atoms. The minimum Gasteiger partial charge on any atom is -0.414 e. The van der Waals surface area contributed by atoms with Gasteiger partial charge in [-0.1, -0.05) is 78.1 Å². The largest absolute Gasteiger partial charge is 0.414 e. The average Bonchev–Trinajstić information content (AvgIpc) is 2.87. The van der Waals surface area contributed by atoms with Gasteiger partial charge in [-0.25, -0.2) is 0 Å². The van der Waals surface area contributed by atoms with Crippen LogP contribution in [0.3, 0.4) is 0 Å². The summed E-state index contributed by atoms with van der Waals surface area (Å²) in [6.45, 7) is 7.07. The van der Waals surface area contributed by atoms with E-state index in [4.69, 9.17) is 4.43 Å². The lowest BCUT2D eigenvalue weighted by Crippen LogP contribution is -2.35. The molecule has 2 heteroatoms. The van der Waals surface area contributed by atoms with Crippen molar-refractivity contribution in [1.82, 2.24) is 0 Å². The number of rotatable bonds is 12. The first kappa shape index (κ1) is 18.2. The summed E-state index contributed by atoms with van der Waals surface area (Å²) in [7, 11) is -1.26. The van der Waals surface area contributed by atoms with Crippen LogP contribution in [0, 0.1) is 0 Å². The van der Waals surface area contributed by atoms with Gasteiger partial charge in [-0.05, 0) is 31.5 Å². The Hall–Kier alpha value is 0.177. The molecule has 20 heavy (non-hydrogen) atoms. The van der Waals surface area contributed by atoms with Crippen LogP contribution in [-0.4, -0.2) is 14.4 Å². The van der Waals surface area contributed by atoms with Gasteiger partial charge in [0.2, 0.25) is 0 Å². The maximum absolute atomic E-state index is 6.55. The van der Waals surface area contributed by atoms with Crippen molar-refractivity contribution in [3.8, 4) is 0 Å². The van der Waals surface area contributed by atoms with E-state index in [1.54, 1.807) is 0 Å². The first-order chi connectivity index (χ1) is 9.70. The van der Waals surface area contributed by atoms with Gasteiger partial charge in [0.15, 0.2) is 8.32 Å². The first-order valence-corrected chi connectivity index (χ1v) is 12.2. The van der Waals surface area contributed by atoms with Crippen molar-refractivity contribution in [2.75, 3.05) is 0 Å². The molecule has 120 valence electrons. The van der Waals surface area contributed by atoms with Crippen molar-refractivity contribution >= 4 is 8.32 Å². The highest BCUT2D eigenvalue weighted by Crippen LogP contribution is 2.33. The van der Waals surface area contributed by atoms with Gasteiger partial charge in [0.1, 0.15) is 0 Å². The molecule has 1 rings (SSSR count). The van der Waals surface area contributed by atoms with Gasteiger partial charge in [0.05, 0.1) is 0 Å². The zero-order valence-corrected chi connectivity index (χ0v) is 15.4. The van der Waals surface area contributed by atoms with Crippen molar-refractivity contribution in [2.45, 2.75) is 116 Å². The van der Waals surface area contributed by atoms with E-state index in [-0.39, 0.29) is 0 Å². The fraction of sp³-hybridized carbons (Fsp3) is 1.00. The summed E-state index contributed by atoms with van der Waals surface area (Å²) in [6.07, 6.45) is 17.3. The van der Waals surface area contributed by atoms with Crippen molar-refractivity contribution in [1.29, 1.82) is 0 Å². The Balaban J connectivity index is 2.01. The van der Waals surface area contributed by atoms with Crippen molar-refractivity contribution in [3.63, 3.8) is 0 Å². The topological polar surface area (TPSA) is 9.23 Å². The molecule has 1 saturated heterocycles. The molecule has 1 atom stereocenters.